The molecule has 1 aliphatic rings. The zero-order chi connectivity index (χ0) is 31.7. The van der Waals surface area contributed by atoms with Crippen molar-refractivity contribution in [1.82, 2.24) is 10.6 Å². The molecule has 4 N–H and O–H groups in total. The molecule has 1 fully saturated rings. The molecule has 1 heterocycles. The van der Waals surface area contributed by atoms with E-state index in [-0.39, 0.29) is 44.4 Å². The second kappa shape index (κ2) is 12.6. The van der Waals surface area contributed by atoms with Gasteiger partial charge in [-0.3, -0.25) is 4.79 Å². The Hall–Kier alpha value is -3.53. The molecule has 11 heteroatoms. The maximum Gasteiger partial charge on any atom is 0.339 e. The molecule has 0 aliphatic carbocycles. The van der Waals surface area contributed by atoms with Crippen LogP contribution in [0.5, 0.6) is 5.75 Å². The van der Waals surface area contributed by atoms with Crippen LogP contribution in [0.4, 0.5) is 8.78 Å². The number of halogens is 4. The van der Waals surface area contributed by atoms with Crippen LogP contribution in [-0.4, -0.2) is 42.4 Å². The van der Waals surface area contributed by atoms with Crippen LogP contribution in [0.3, 0.4) is 0 Å². The van der Waals surface area contributed by atoms with Gasteiger partial charge in [0.05, 0.1) is 23.6 Å². The number of amides is 1. The standard InChI is InChI=1S/C32H33Cl2F2N3O4/c1-31(2,3)14-25-32(16-37,21-11-9-18(33)13-23(21)35)26(20-6-5-7-22(34)27(20)36)28(39-25)29(40)38-15-17-8-10-19(30(41)42)24(12-17)43-4/h5-13,16,25-26,28,37,39H,14-15H2,1-4H3,(H,38,40)(H,41,42)/t25-,26-,28+,32-/m0/s1. The lowest BCUT2D eigenvalue weighted by Crippen LogP contribution is -2.47. The largest absolute Gasteiger partial charge is 0.496 e. The fourth-order valence-electron chi connectivity index (χ4n) is 5.99. The molecule has 0 aromatic heterocycles. The van der Waals surface area contributed by atoms with Gasteiger partial charge in [0.2, 0.25) is 5.91 Å². The first-order valence-electron chi connectivity index (χ1n) is 13.6. The van der Waals surface area contributed by atoms with Gasteiger partial charge < -0.3 is 25.9 Å². The van der Waals surface area contributed by atoms with Gasteiger partial charge in [0.15, 0.2) is 0 Å². The molecular weight excluding hydrogens is 599 g/mol. The number of hydrogen-bond donors (Lipinski definition) is 4. The van der Waals surface area contributed by atoms with Crippen LogP contribution in [0.1, 0.15) is 60.2 Å². The third kappa shape index (κ3) is 6.39. The first-order valence-corrected chi connectivity index (χ1v) is 14.3. The lowest BCUT2D eigenvalue weighted by atomic mass is 9.62. The summed E-state index contributed by atoms with van der Waals surface area (Å²) in [5, 5.41) is 24.3. The van der Waals surface area contributed by atoms with Gasteiger partial charge >= 0.3 is 5.97 Å². The van der Waals surface area contributed by atoms with Crippen LogP contribution in [0.25, 0.3) is 0 Å². The molecule has 0 unspecified atom stereocenters. The van der Waals surface area contributed by atoms with Crippen LogP contribution in [-0.2, 0) is 16.8 Å². The molecule has 1 amide bonds. The monoisotopic (exact) mass is 631 g/mol. The smallest absolute Gasteiger partial charge is 0.339 e. The number of benzene rings is 3. The summed E-state index contributed by atoms with van der Waals surface area (Å²) in [7, 11) is 1.35. The number of methoxy groups -OCH3 is 1. The second-order valence-corrected chi connectivity index (χ2v) is 12.7. The van der Waals surface area contributed by atoms with Gasteiger partial charge in [0, 0.05) is 35.3 Å². The lowest BCUT2D eigenvalue weighted by molar-refractivity contribution is -0.123. The number of aromatic carboxylic acids is 1. The molecule has 1 aliphatic heterocycles. The number of hydrogen-bond acceptors (Lipinski definition) is 5. The summed E-state index contributed by atoms with van der Waals surface area (Å²) in [6, 6.07) is 11.2. The molecule has 228 valence electrons. The van der Waals surface area contributed by atoms with Crippen molar-refractivity contribution in [2.24, 2.45) is 5.41 Å². The summed E-state index contributed by atoms with van der Waals surface area (Å²) in [6.45, 7) is 5.95. The molecule has 7 nitrogen and oxygen atoms in total. The molecule has 0 spiro atoms. The zero-order valence-electron chi connectivity index (χ0n) is 24.1. The van der Waals surface area contributed by atoms with Crippen molar-refractivity contribution in [3.8, 4) is 5.75 Å². The van der Waals surface area contributed by atoms with Crippen molar-refractivity contribution < 1.29 is 28.2 Å². The maximum atomic E-state index is 15.8. The van der Waals surface area contributed by atoms with E-state index in [1.807, 2.05) is 20.8 Å². The van der Waals surface area contributed by atoms with Crippen molar-refractivity contribution in [2.75, 3.05) is 7.11 Å². The molecule has 0 bridgehead atoms. The Morgan fingerprint density at radius 2 is 1.86 bits per heavy atom. The number of nitrogens with one attached hydrogen (secondary N) is 3. The quantitative estimate of drug-likeness (QED) is 0.195. The van der Waals surface area contributed by atoms with E-state index in [2.05, 4.69) is 10.6 Å². The molecule has 4 atom stereocenters. The number of carbonyl (C=O) groups excluding carboxylic acids is 1. The van der Waals surface area contributed by atoms with Crippen LogP contribution >= 0.6 is 23.2 Å². The Balaban J connectivity index is 1.84. The maximum absolute atomic E-state index is 15.8. The predicted molar refractivity (Wildman–Crippen MR) is 163 cm³/mol. The van der Waals surface area contributed by atoms with Crippen molar-refractivity contribution in [2.45, 2.75) is 57.2 Å². The number of ether oxygens (including phenoxy) is 1. The van der Waals surface area contributed by atoms with Crippen LogP contribution in [0.15, 0.2) is 54.6 Å². The van der Waals surface area contributed by atoms with E-state index in [0.717, 1.165) is 12.3 Å². The van der Waals surface area contributed by atoms with E-state index in [9.17, 15) is 14.7 Å². The van der Waals surface area contributed by atoms with E-state index < -0.39 is 46.9 Å². The molecule has 3 aromatic rings. The first-order chi connectivity index (χ1) is 20.2. The normalized spacial score (nSPS) is 21.8. The Labute approximate surface area is 259 Å². The SMILES string of the molecule is COc1cc(CNC(=O)[C@@H]2N[C@@H](CC(C)(C)C)[C@](C=N)(c3ccc(Cl)cc3F)[C@H]2c2cccc(Cl)c2F)ccc1C(=O)O. The molecule has 3 aromatic carbocycles. The van der Waals surface area contributed by atoms with Crippen molar-refractivity contribution in [3.05, 3.63) is 98.5 Å². The molecule has 4 rings (SSSR count). The molecule has 1 saturated heterocycles. The van der Waals surface area contributed by atoms with Crippen molar-refractivity contribution in [3.63, 3.8) is 0 Å². The highest BCUT2D eigenvalue weighted by Crippen LogP contribution is 2.52. The van der Waals surface area contributed by atoms with Crippen molar-refractivity contribution >= 4 is 41.3 Å². The summed E-state index contributed by atoms with van der Waals surface area (Å²) in [5.41, 5.74) is -1.16. The average Bonchev–Trinajstić information content (AvgIpc) is 3.25. The average molecular weight is 633 g/mol. The minimum absolute atomic E-state index is 0.00511. The van der Waals surface area contributed by atoms with E-state index in [0.29, 0.717) is 12.0 Å². The van der Waals surface area contributed by atoms with Gasteiger partial charge in [-0.1, -0.05) is 68.2 Å². The topological polar surface area (TPSA) is 112 Å². The van der Waals surface area contributed by atoms with E-state index in [1.165, 1.54) is 43.5 Å². The highest BCUT2D eigenvalue weighted by Gasteiger charge is 2.59. The molecule has 0 radical (unpaired) electrons. The molecule has 43 heavy (non-hydrogen) atoms. The Morgan fingerprint density at radius 3 is 2.47 bits per heavy atom. The first kappa shape index (κ1) is 32.4. The van der Waals surface area contributed by atoms with Gasteiger partial charge in [-0.25, -0.2) is 13.6 Å². The van der Waals surface area contributed by atoms with E-state index in [1.54, 1.807) is 12.1 Å². The second-order valence-electron chi connectivity index (χ2n) is 11.8. The summed E-state index contributed by atoms with van der Waals surface area (Å²) >= 11 is 12.3. The van der Waals surface area contributed by atoms with Gasteiger partial charge in [0.1, 0.15) is 22.9 Å². The van der Waals surface area contributed by atoms with Crippen molar-refractivity contribution in [1.29, 1.82) is 5.41 Å². The van der Waals surface area contributed by atoms with E-state index in [4.69, 9.17) is 33.3 Å². The van der Waals surface area contributed by atoms with Gasteiger partial charge in [0.25, 0.3) is 0 Å². The number of rotatable bonds is 9. The highest BCUT2D eigenvalue weighted by atomic mass is 35.5. The third-order valence-electron chi connectivity index (χ3n) is 7.82. The van der Waals surface area contributed by atoms with Gasteiger partial charge in [-0.2, -0.15) is 0 Å². The predicted octanol–water partition coefficient (Wildman–Crippen LogP) is 6.74. The van der Waals surface area contributed by atoms with Crippen LogP contribution in [0.2, 0.25) is 10.0 Å². The van der Waals surface area contributed by atoms with Gasteiger partial charge in [-0.15, -0.1) is 0 Å². The Morgan fingerprint density at radius 1 is 1.14 bits per heavy atom. The fraction of sp³-hybridized carbons (Fsp3) is 0.344. The summed E-state index contributed by atoms with van der Waals surface area (Å²) < 4.78 is 36.8. The summed E-state index contributed by atoms with van der Waals surface area (Å²) in [6.07, 6.45) is 1.50. The fourth-order valence-corrected chi connectivity index (χ4v) is 6.33. The van der Waals surface area contributed by atoms with Gasteiger partial charge in [-0.05, 0) is 53.3 Å². The number of carboxylic acids is 1. The zero-order valence-corrected chi connectivity index (χ0v) is 25.6. The number of carboxylic acid groups (broad SMARTS) is 1. The molecule has 0 saturated carbocycles. The summed E-state index contributed by atoms with van der Waals surface area (Å²) in [4.78, 5) is 25.5. The minimum atomic E-state index is -1.51. The van der Waals surface area contributed by atoms with Crippen LogP contribution < -0.4 is 15.4 Å². The minimum Gasteiger partial charge on any atom is -0.496 e. The Kier molecular flexibility index (Phi) is 9.49. The third-order valence-corrected chi connectivity index (χ3v) is 8.35. The highest BCUT2D eigenvalue weighted by molar-refractivity contribution is 6.31. The molecular formula is C32H33Cl2F2N3O4. The lowest BCUT2D eigenvalue weighted by Gasteiger charge is -2.40. The number of carbonyl (C=O) groups is 2. The van der Waals surface area contributed by atoms with E-state index >= 15 is 8.78 Å². The van der Waals surface area contributed by atoms with Crippen LogP contribution in [0, 0.1) is 22.5 Å². The Bertz CT molecular complexity index is 1560. The summed E-state index contributed by atoms with van der Waals surface area (Å²) in [5.74, 6) is -4.09.